The van der Waals surface area contributed by atoms with E-state index in [1.165, 1.54) is 0 Å². The molecule has 0 aromatic carbocycles. The van der Waals surface area contributed by atoms with Crippen LogP contribution in [0.2, 0.25) is 0 Å². The summed E-state index contributed by atoms with van der Waals surface area (Å²) in [6, 6.07) is 0. The molecule has 2 N–H and O–H groups in total. The third-order valence-electron chi connectivity index (χ3n) is 0.896. The molecule has 0 bridgehead atoms. The number of hydrogen-bond donors (Lipinski definition) is 1. The van der Waals surface area contributed by atoms with Gasteiger partial charge < -0.3 is 0 Å². The van der Waals surface area contributed by atoms with Gasteiger partial charge in [0.15, 0.2) is 0 Å². The Hall–Kier alpha value is 0.110. The zero-order chi connectivity index (χ0) is 6.57. The monoisotopic (exact) mass is 135 g/mol. The number of hydrogen-bond acceptors (Lipinski definition) is 1. The first kappa shape index (κ1) is 8.11. The van der Waals surface area contributed by atoms with E-state index in [1.54, 1.807) is 0 Å². The standard InChI is InChI=1S/C5H13NOS/c1-5(2)3-4-8(6)7/h5H,3-4,6H2,1-2H3/t8-/m1/s1. The topological polar surface area (TPSA) is 43.1 Å². The van der Waals surface area contributed by atoms with Crippen LogP contribution in [0.1, 0.15) is 20.3 Å². The summed E-state index contributed by atoms with van der Waals surface area (Å²) in [5, 5.41) is 5.01. The molecule has 0 aliphatic carbocycles. The predicted molar refractivity (Wildman–Crippen MR) is 36.7 cm³/mol. The fourth-order valence-electron chi connectivity index (χ4n) is 0.352. The van der Waals surface area contributed by atoms with Gasteiger partial charge >= 0.3 is 0 Å². The Morgan fingerprint density at radius 1 is 1.62 bits per heavy atom. The van der Waals surface area contributed by atoms with E-state index >= 15 is 0 Å². The van der Waals surface area contributed by atoms with Crippen molar-refractivity contribution in [3.8, 4) is 0 Å². The van der Waals surface area contributed by atoms with E-state index in [1.807, 2.05) is 0 Å². The summed E-state index contributed by atoms with van der Waals surface area (Å²) < 4.78 is 10.2. The van der Waals surface area contributed by atoms with Crippen LogP contribution in [0.15, 0.2) is 0 Å². The van der Waals surface area contributed by atoms with E-state index in [0.717, 1.165) is 6.42 Å². The Balaban J connectivity index is 3.05. The molecule has 0 unspecified atom stereocenters. The van der Waals surface area contributed by atoms with Crippen molar-refractivity contribution in [1.29, 1.82) is 0 Å². The molecule has 8 heavy (non-hydrogen) atoms. The maximum absolute atomic E-state index is 10.2. The van der Waals surface area contributed by atoms with Crippen LogP contribution in [-0.2, 0) is 11.0 Å². The largest absolute Gasteiger partial charge is 0.252 e. The zero-order valence-corrected chi connectivity index (χ0v) is 6.20. The second-order valence-corrected chi connectivity index (χ2v) is 3.44. The van der Waals surface area contributed by atoms with Crippen molar-refractivity contribution >= 4 is 11.0 Å². The summed E-state index contributed by atoms with van der Waals surface area (Å²) in [5.41, 5.74) is 0. The van der Waals surface area contributed by atoms with Crippen LogP contribution >= 0.6 is 0 Å². The van der Waals surface area contributed by atoms with Crippen LogP contribution in [0.3, 0.4) is 0 Å². The molecule has 2 nitrogen and oxygen atoms in total. The second-order valence-electron chi connectivity index (χ2n) is 2.27. The first-order valence-electron chi connectivity index (χ1n) is 2.75. The van der Waals surface area contributed by atoms with E-state index in [4.69, 9.17) is 5.14 Å². The minimum Gasteiger partial charge on any atom is -0.252 e. The van der Waals surface area contributed by atoms with Crippen LogP contribution in [0.5, 0.6) is 0 Å². The molecule has 0 aromatic heterocycles. The van der Waals surface area contributed by atoms with Gasteiger partial charge in [-0.3, -0.25) is 5.14 Å². The lowest BCUT2D eigenvalue weighted by Crippen LogP contribution is -2.08. The molecule has 0 spiro atoms. The Bertz CT molecular complexity index is 82.5. The van der Waals surface area contributed by atoms with E-state index in [0.29, 0.717) is 11.7 Å². The molecule has 50 valence electrons. The summed E-state index contributed by atoms with van der Waals surface area (Å²) in [4.78, 5) is 0. The molecule has 0 rings (SSSR count). The van der Waals surface area contributed by atoms with Gasteiger partial charge in [0.25, 0.3) is 0 Å². The average Bonchev–Trinajstić information content (AvgIpc) is 1.61. The predicted octanol–water partition coefficient (Wildman–Crippen LogP) is 0.655. The van der Waals surface area contributed by atoms with Gasteiger partial charge in [0.2, 0.25) is 0 Å². The van der Waals surface area contributed by atoms with Crippen molar-refractivity contribution in [1.82, 2.24) is 0 Å². The number of nitrogens with two attached hydrogens (primary N) is 1. The average molecular weight is 135 g/mol. The molecule has 0 aliphatic heterocycles. The van der Waals surface area contributed by atoms with Crippen LogP contribution in [0.4, 0.5) is 0 Å². The zero-order valence-electron chi connectivity index (χ0n) is 5.39. The minimum absolute atomic E-state index is 0.613. The van der Waals surface area contributed by atoms with E-state index in [2.05, 4.69) is 13.8 Å². The van der Waals surface area contributed by atoms with Crippen LogP contribution in [-0.4, -0.2) is 9.96 Å². The Labute approximate surface area is 53.0 Å². The van der Waals surface area contributed by atoms with Crippen molar-refractivity contribution in [3.63, 3.8) is 0 Å². The lowest BCUT2D eigenvalue weighted by molar-refractivity contribution is 0.619. The van der Waals surface area contributed by atoms with E-state index < -0.39 is 11.0 Å². The SMILES string of the molecule is CC(C)CC[S@](N)=O. The molecule has 0 radical (unpaired) electrons. The first-order valence-corrected chi connectivity index (χ1v) is 4.14. The molecule has 0 amide bonds. The van der Waals surface area contributed by atoms with Gasteiger partial charge in [-0.1, -0.05) is 13.8 Å². The molecule has 0 saturated heterocycles. The molecule has 0 aliphatic rings. The quantitative estimate of drug-likeness (QED) is 0.606. The summed E-state index contributed by atoms with van der Waals surface area (Å²) in [6.07, 6.45) is 0.961. The maximum atomic E-state index is 10.2. The highest BCUT2D eigenvalue weighted by Crippen LogP contribution is 1.97. The van der Waals surface area contributed by atoms with Crippen molar-refractivity contribution < 1.29 is 4.21 Å². The lowest BCUT2D eigenvalue weighted by atomic mass is 10.2. The Kier molecular flexibility index (Phi) is 4.09. The van der Waals surface area contributed by atoms with Crippen LogP contribution < -0.4 is 5.14 Å². The molecule has 0 aromatic rings. The van der Waals surface area contributed by atoms with Gasteiger partial charge in [-0.2, -0.15) is 0 Å². The minimum atomic E-state index is -1.09. The summed E-state index contributed by atoms with van der Waals surface area (Å²) in [5.74, 6) is 1.25. The van der Waals surface area contributed by atoms with Crippen LogP contribution in [0, 0.1) is 5.92 Å². The van der Waals surface area contributed by atoms with Gasteiger partial charge in [0.1, 0.15) is 0 Å². The smallest absolute Gasteiger partial charge is 0.0888 e. The molecule has 3 heteroatoms. The normalized spacial score (nSPS) is 14.5. The highest BCUT2D eigenvalue weighted by atomic mass is 32.2. The second kappa shape index (κ2) is 4.04. The fourth-order valence-corrected chi connectivity index (χ4v) is 1.06. The Morgan fingerprint density at radius 2 is 2.12 bits per heavy atom. The van der Waals surface area contributed by atoms with Gasteiger partial charge in [-0.05, 0) is 12.3 Å². The van der Waals surface area contributed by atoms with Crippen LogP contribution in [0.25, 0.3) is 0 Å². The third kappa shape index (κ3) is 6.11. The molecule has 1 atom stereocenters. The van der Waals surface area contributed by atoms with Gasteiger partial charge in [0.05, 0.1) is 11.0 Å². The maximum Gasteiger partial charge on any atom is 0.0888 e. The van der Waals surface area contributed by atoms with Crippen molar-refractivity contribution in [3.05, 3.63) is 0 Å². The van der Waals surface area contributed by atoms with Gasteiger partial charge in [0, 0.05) is 5.75 Å². The summed E-state index contributed by atoms with van der Waals surface area (Å²) >= 11 is 0. The summed E-state index contributed by atoms with van der Waals surface area (Å²) in [7, 11) is -1.09. The molecular formula is C5H13NOS. The summed E-state index contributed by atoms with van der Waals surface area (Å²) in [6.45, 7) is 4.18. The van der Waals surface area contributed by atoms with Gasteiger partial charge in [-0.15, -0.1) is 0 Å². The first-order chi connectivity index (χ1) is 3.63. The molecule has 0 heterocycles. The number of rotatable bonds is 3. The van der Waals surface area contributed by atoms with E-state index in [-0.39, 0.29) is 0 Å². The lowest BCUT2D eigenvalue weighted by Gasteiger charge is -1.98. The van der Waals surface area contributed by atoms with Crippen molar-refractivity contribution in [2.45, 2.75) is 20.3 Å². The van der Waals surface area contributed by atoms with Gasteiger partial charge in [-0.25, -0.2) is 4.21 Å². The molecule has 0 fully saturated rings. The van der Waals surface area contributed by atoms with Crippen molar-refractivity contribution in [2.75, 3.05) is 5.75 Å². The highest BCUT2D eigenvalue weighted by Gasteiger charge is 1.94. The third-order valence-corrected chi connectivity index (χ3v) is 1.53. The van der Waals surface area contributed by atoms with E-state index in [9.17, 15) is 4.21 Å². The molecule has 0 saturated carbocycles. The molecular weight excluding hydrogens is 122 g/mol. The highest BCUT2D eigenvalue weighted by molar-refractivity contribution is 7.82. The Morgan fingerprint density at radius 3 is 2.25 bits per heavy atom. The fraction of sp³-hybridized carbons (Fsp3) is 1.00. The van der Waals surface area contributed by atoms with Crippen molar-refractivity contribution in [2.24, 2.45) is 11.1 Å².